The molecule has 16 heavy (non-hydrogen) atoms. The van der Waals surface area contributed by atoms with Crippen LogP contribution < -0.4 is 0 Å². The van der Waals surface area contributed by atoms with E-state index in [9.17, 15) is 18.3 Å². The van der Waals surface area contributed by atoms with Gasteiger partial charge in [0.2, 0.25) is 0 Å². The van der Waals surface area contributed by atoms with E-state index in [1.54, 1.807) is 13.0 Å². The first-order chi connectivity index (χ1) is 7.28. The van der Waals surface area contributed by atoms with Crippen molar-refractivity contribution in [3.05, 3.63) is 23.5 Å². The van der Waals surface area contributed by atoms with Crippen molar-refractivity contribution in [2.75, 3.05) is 13.6 Å². The number of aromatic nitrogens is 1. The summed E-state index contributed by atoms with van der Waals surface area (Å²) in [5.74, 6) is -0.0837. The van der Waals surface area contributed by atoms with Crippen LogP contribution in [0.3, 0.4) is 0 Å². The third kappa shape index (κ3) is 4.06. The fourth-order valence-corrected chi connectivity index (χ4v) is 1.34. The van der Waals surface area contributed by atoms with E-state index in [4.69, 9.17) is 0 Å². The van der Waals surface area contributed by atoms with Gasteiger partial charge in [-0.25, -0.2) is 0 Å². The Labute approximate surface area is 91.5 Å². The Bertz CT molecular complexity index is 366. The summed E-state index contributed by atoms with van der Waals surface area (Å²) in [6, 6.07) is 3.03. The average Bonchev–Trinajstić information content (AvgIpc) is 2.08. The van der Waals surface area contributed by atoms with Crippen molar-refractivity contribution in [1.29, 1.82) is 0 Å². The van der Waals surface area contributed by atoms with Gasteiger partial charge in [0.1, 0.15) is 5.75 Å². The molecule has 0 spiro atoms. The normalized spacial score (nSPS) is 12.1. The molecule has 1 N–H and O–H groups in total. The maximum Gasteiger partial charge on any atom is 0.401 e. The smallest absolute Gasteiger partial charge is 0.401 e. The molecule has 0 bridgehead atoms. The first-order valence-corrected chi connectivity index (χ1v) is 4.69. The molecule has 0 fully saturated rings. The minimum absolute atomic E-state index is 0.0347. The number of nitrogens with zero attached hydrogens (tertiary/aromatic N) is 2. The Morgan fingerprint density at radius 1 is 1.38 bits per heavy atom. The van der Waals surface area contributed by atoms with Gasteiger partial charge in [0.05, 0.1) is 12.2 Å². The standard InChI is InChI=1S/C10H13F3N2O/c1-7-3-4-9(16)8(14-7)5-15(2)6-10(11,12)13/h3-4,16H,5-6H2,1-2H3. The van der Waals surface area contributed by atoms with Crippen molar-refractivity contribution in [2.45, 2.75) is 19.6 Å². The molecule has 0 unspecified atom stereocenters. The lowest BCUT2D eigenvalue weighted by Gasteiger charge is -2.18. The molecule has 0 aliphatic heterocycles. The zero-order chi connectivity index (χ0) is 12.3. The molecule has 0 aromatic carbocycles. The van der Waals surface area contributed by atoms with Crippen molar-refractivity contribution in [2.24, 2.45) is 0 Å². The van der Waals surface area contributed by atoms with Gasteiger partial charge >= 0.3 is 6.18 Å². The monoisotopic (exact) mass is 234 g/mol. The summed E-state index contributed by atoms with van der Waals surface area (Å²) in [6.07, 6.45) is -4.24. The Morgan fingerprint density at radius 2 is 2.00 bits per heavy atom. The summed E-state index contributed by atoms with van der Waals surface area (Å²) < 4.78 is 36.2. The van der Waals surface area contributed by atoms with Crippen molar-refractivity contribution in [3.63, 3.8) is 0 Å². The molecule has 90 valence electrons. The topological polar surface area (TPSA) is 36.4 Å². The van der Waals surface area contributed by atoms with Crippen molar-refractivity contribution >= 4 is 0 Å². The number of pyridine rings is 1. The van der Waals surface area contributed by atoms with Crippen LogP contribution in [0.5, 0.6) is 5.75 Å². The first-order valence-electron chi connectivity index (χ1n) is 4.69. The third-order valence-corrected chi connectivity index (χ3v) is 1.96. The van der Waals surface area contributed by atoms with E-state index < -0.39 is 12.7 Å². The zero-order valence-corrected chi connectivity index (χ0v) is 9.04. The van der Waals surface area contributed by atoms with Gasteiger partial charge in [0.25, 0.3) is 0 Å². The van der Waals surface area contributed by atoms with Crippen molar-refractivity contribution in [1.82, 2.24) is 9.88 Å². The Hall–Kier alpha value is -1.30. The highest BCUT2D eigenvalue weighted by Crippen LogP contribution is 2.20. The van der Waals surface area contributed by atoms with Crippen molar-refractivity contribution in [3.8, 4) is 5.75 Å². The van der Waals surface area contributed by atoms with Gasteiger partial charge in [-0.05, 0) is 26.1 Å². The molecule has 0 aliphatic rings. The van der Waals surface area contributed by atoms with E-state index in [0.29, 0.717) is 5.69 Å². The van der Waals surface area contributed by atoms with Gasteiger partial charge in [-0.3, -0.25) is 9.88 Å². The second-order valence-corrected chi connectivity index (χ2v) is 3.71. The number of halogens is 3. The number of rotatable bonds is 3. The molecule has 1 heterocycles. The van der Waals surface area contributed by atoms with E-state index >= 15 is 0 Å². The van der Waals surface area contributed by atoms with Gasteiger partial charge in [-0.1, -0.05) is 0 Å². The van der Waals surface area contributed by atoms with Crippen LogP contribution >= 0.6 is 0 Å². The lowest BCUT2D eigenvalue weighted by Crippen LogP contribution is -2.30. The number of hydrogen-bond acceptors (Lipinski definition) is 3. The van der Waals surface area contributed by atoms with E-state index in [2.05, 4.69) is 4.98 Å². The van der Waals surface area contributed by atoms with Crippen LogP contribution in [-0.2, 0) is 6.54 Å². The van der Waals surface area contributed by atoms with E-state index in [1.165, 1.54) is 13.1 Å². The summed E-state index contributed by atoms with van der Waals surface area (Å²) in [7, 11) is 1.33. The lowest BCUT2D eigenvalue weighted by molar-refractivity contribution is -0.144. The second kappa shape index (κ2) is 4.69. The predicted molar refractivity (Wildman–Crippen MR) is 53.0 cm³/mol. The second-order valence-electron chi connectivity index (χ2n) is 3.71. The molecular weight excluding hydrogens is 221 g/mol. The molecule has 0 saturated heterocycles. The molecule has 0 radical (unpaired) electrons. The van der Waals surface area contributed by atoms with Gasteiger partial charge in [0, 0.05) is 12.2 Å². The minimum atomic E-state index is -4.24. The van der Waals surface area contributed by atoms with Crippen LogP contribution in [0.4, 0.5) is 13.2 Å². The van der Waals surface area contributed by atoms with E-state index in [0.717, 1.165) is 4.90 Å². The predicted octanol–water partition coefficient (Wildman–Crippen LogP) is 2.09. The van der Waals surface area contributed by atoms with E-state index in [1.807, 2.05) is 0 Å². The maximum absolute atomic E-state index is 12.1. The number of aromatic hydroxyl groups is 1. The third-order valence-electron chi connectivity index (χ3n) is 1.96. The van der Waals surface area contributed by atoms with Gasteiger partial charge in [0.15, 0.2) is 0 Å². The number of alkyl halides is 3. The van der Waals surface area contributed by atoms with Crippen molar-refractivity contribution < 1.29 is 18.3 Å². The van der Waals surface area contributed by atoms with Crippen LogP contribution in [-0.4, -0.2) is 34.8 Å². The maximum atomic E-state index is 12.1. The molecule has 1 aromatic rings. The highest BCUT2D eigenvalue weighted by Gasteiger charge is 2.29. The molecule has 1 aromatic heterocycles. The minimum Gasteiger partial charge on any atom is -0.506 e. The van der Waals surface area contributed by atoms with Crippen LogP contribution in [0.2, 0.25) is 0 Å². The number of aryl methyl sites for hydroxylation is 1. The lowest BCUT2D eigenvalue weighted by atomic mass is 10.2. The van der Waals surface area contributed by atoms with Crippen LogP contribution in [0.15, 0.2) is 12.1 Å². The summed E-state index contributed by atoms with van der Waals surface area (Å²) in [4.78, 5) is 5.04. The average molecular weight is 234 g/mol. The molecule has 0 atom stereocenters. The quantitative estimate of drug-likeness (QED) is 0.870. The summed E-state index contributed by atoms with van der Waals surface area (Å²) in [6.45, 7) is 0.655. The largest absolute Gasteiger partial charge is 0.506 e. The van der Waals surface area contributed by atoms with Gasteiger partial charge in [-0.2, -0.15) is 13.2 Å². The fraction of sp³-hybridized carbons (Fsp3) is 0.500. The molecule has 0 saturated carbocycles. The Kier molecular flexibility index (Phi) is 3.74. The fourth-order valence-electron chi connectivity index (χ4n) is 1.34. The molecule has 6 heteroatoms. The summed E-state index contributed by atoms with van der Waals surface area (Å²) in [5.41, 5.74) is 0.917. The van der Waals surface area contributed by atoms with Gasteiger partial charge < -0.3 is 5.11 Å². The molecule has 0 aliphatic carbocycles. The SMILES string of the molecule is Cc1ccc(O)c(CN(C)CC(F)(F)F)n1. The highest BCUT2D eigenvalue weighted by molar-refractivity contribution is 5.27. The molecule has 3 nitrogen and oxygen atoms in total. The van der Waals surface area contributed by atoms with Crippen LogP contribution in [0.25, 0.3) is 0 Å². The highest BCUT2D eigenvalue weighted by atomic mass is 19.4. The molecule has 1 rings (SSSR count). The Morgan fingerprint density at radius 3 is 2.56 bits per heavy atom. The summed E-state index contributed by atoms with van der Waals surface area (Å²) >= 11 is 0. The van der Waals surface area contributed by atoms with Gasteiger partial charge in [-0.15, -0.1) is 0 Å². The van der Waals surface area contributed by atoms with E-state index in [-0.39, 0.29) is 18.0 Å². The first kappa shape index (κ1) is 12.8. The summed E-state index contributed by atoms with van der Waals surface area (Å²) in [5, 5.41) is 9.41. The molecule has 0 amide bonds. The number of hydrogen-bond donors (Lipinski definition) is 1. The molecular formula is C10H13F3N2O. The van der Waals surface area contributed by atoms with Crippen LogP contribution in [0, 0.1) is 6.92 Å². The van der Waals surface area contributed by atoms with Crippen LogP contribution in [0.1, 0.15) is 11.4 Å². The zero-order valence-electron chi connectivity index (χ0n) is 9.04. The Balaban J connectivity index is 2.69.